The summed E-state index contributed by atoms with van der Waals surface area (Å²) in [6, 6.07) is 0. The molecule has 0 spiro atoms. The molecule has 4 nitrogen and oxygen atoms in total. The van der Waals surface area contributed by atoms with E-state index in [0.717, 1.165) is 32.5 Å². The zero-order valence-electron chi connectivity index (χ0n) is 11.8. The molecule has 0 aromatic carbocycles. The van der Waals surface area contributed by atoms with E-state index in [4.69, 9.17) is 0 Å². The Kier molecular flexibility index (Phi) is 5.45. The molecule has 1 aliphatic rings. The Morgan fingerprint density at radius 3 is 3.11 bits per heavy atom. The number of hydrogen-bond donors (Lipinski definition) is 0. The molecule has 1 fully saturated rings. The fourth-order valence-electron chi connectivity index (χ4n) is 2.69. The lowest BCUT2D eigenvalue weighted by Crippen LogP contribution is -2.39. The van der Waals surface area contributed by atoms with Crippen molar-refractivity contribution in [3.63, 3.8) is 0 Å². The summed E-state index contributed by atoms with van der Waals surface area (Å²) >= 11 is 1.89. The number of rotatable bonds is 6. The average molecular weight is 281 g/mol. The van der Waals surface area contributed by atoms with Gasteiger partial charge in [0.25, 0.3) is 0 Å². The third kappa shape index (κ3) is 3.83. The van der Waals surface area contributed by atoms with Gasteiger partial charge < -0.3 is 9.47 Å². The number of imidazole rings is 1. The second kappa shape index (κ2) is 7.10. The van der Waals surface area contributed by atoms with E-state index in [1.165, 1.54) is 12.2 Å². The maximum absolute atomic E-state index is 12.4. The fourth-order valence-corrected chi connectivity index (χ4v) is 3.11. The Balaban J connectivity index is 1.90. The van der Waals surface area contributed by atoms with Crippen molar-refractivity contribution < 1.29 is 4.79 Å². The molecule has 0 bridgehead atoms. The highest BCUT2D eigenvalue weighted by Gasteiger charge is 2.28. The van der Waals surface area contributed by atoms with Crippen LogP contribution < -0.4 is 0 Å². The van der Waals surface area contributed by atoms with Crippen molar-refractivity contribution in [3.05, 3.63) is 18.2 Å². The van der Waals surface area contributed by atoms with Crippen molar-refractivity contribution in [3.8, 4) is 0 Å². The first kappa shape index (κ1) is 14.6. The zero-order chi connectivity index (χ0) is 13.7. The van der Waals surface area contributed by atoms with Crippen molar-refractivity contribution in [1.29, 1.82) is 0 Å². The number of Topliss-reactive ketones (excluding diaryl/α,β-unsaturated/α-hetero) is 1. The Morgan fingerprint density at radius 2 is 2.42 bits per heavy atom. The molecule has 1 aromatic rings. The van der Waals surface area contributed by atoms with E-state index >= 15 is 0 Å². The SMILES string of the molecule is CSCCCN1CCC[C@@H](C(=O)c2nccn2C)C1. The number of nitrogens with zero attached hydrogens (tertiary/aromatic N) is 3. The van der Waals surface area contributed by atoms with Gasteiger partial charge in [-0.2, -0.15) is 11.8 Å². The van der Waals surface area contributed by atoms with Crippen molar-refractivity contribution in [1.82, 2.24) is 14.5 Å². The van der Waals surface area contributed by atoms with Crippen LogP contribution in [0.15, 0.2) is 12.4 Å². The summed E-state index contributed by atoms with van der Waals surface area (Å²) in [5.41, 5.74) is 0. The van der Waals surface area contributed by atoms with E-state index in [0.29, 0.717) is 5.82 Å². The van der Waals surface area contributed by atoms with E-state index in [2.05, 4.69) is 16.1 Å². The Hall–Kier alpha value is -0.810. The molecule has 0 amide bonds. The Labute approximate surface area is 119 Å². The number of carbonyl (C=O) groups excluding carboxylic acids is 1. The maximum atomic E-state index is 12.4. The maximum Gasteiger partial charge on any atom is 0.202 e. The highest BCUT2D eigenvalue weighted by molar-refractivity contribution is 7.98. The lowest BCUT2D eigenvalue weighted by Gasteiger charge is -2.31. The molecule has 1 saturated heterocycles. The fraction of sp³-hybridized carbons (Fsp3) is 0.714. The van der Waals surface area contributed by atoms with Crippen molar-refractivity contribution in [2.75, 3.05) is 31.6 Å². The highest BCUT2D eigenvalue weighted by atomic mass is 32.2. The summed E-state index contributed by atoms with van der Waals surface area (Å²) in [6.07, 6.45) is 9.03. The Bertz CT molecular complexity index is 419. The minimum absolute atomic E-state index is 0.129. The van der Waals surface area contributed by atoms with Crippen LogP contribution in [0.2, 0.25) is 0 Å². The molecule has 0 radical (unpaired) electrons. The van der Waals surface area contributed by atoms with Gasteiger partial charge in [0.1, 0.15) is 0 Å². The number of aromatic nitrogens is 2. The van der Waals surface area contributed by atoms with E-state index in [-0.39, 0.29) is 11.7 Å². The van der Waals surface area contributed by atoms with E-state index in [9.17, 15) is 4.79 Å². The van der Waals surface area contributed by atoms with Gasteiger partial charge in [0.2, 0.25) is 5.78 Å². The van der Waals surface area contributed by atoms with Crippen molar-refractivity contribution >= 4 is 17.5 Å². The molecule has 2 rings (SSSR count). The third-order valence-corrected chi connectivity index (χ3v) is 4.44. The largest absolute Gasteiger partial charge is 0.332 e. The summed E-state index contributed by atoms with van der Waals surface area (Å²) in [5.74, 6) is 2.15. The van der Waals surface area contributed by atoms with Crippen LogP contribution in [0.5, 0.6) is 0 Å². The molecular weight excluding hydrogens is 258 g/mol. The van der Waals surface area contributed by atoms with Crippen LogP contribution in [-0.2, 0) is 7.05 Å². The molecule has 0 aliphatic carbocycles. The normalized spacial score (nSPS) is 20.6. The Morgan fingerprint density at radius 1 is 1.58 bits per heavy atom. The number of carbonyl (C=O) groups is 1. The van der Waals surface area contributed by atoms with Crippen LogP contribution in [0.1, 0.15) is 29.9 Å². The first-order valence-electron chi connectivity index (χ1n) is 6.95. The van der Waals surface area contributed by atoms with E-state index in [1.807, 2.05) is 29.6 Å². The zero-order valence-corrected chi connectivity index (χ0v) is 12.7. The number of piperidine rings is 1. The molecule has 1 aliphatic heterocycles. The van der Waals surface area contributed by atoms with Gasteiger partial charge in [0, 0.05) is 31.9 Å². The molecule has 1 atom stereocenters. The number of aryl methyl sites for hydroxylation is 1. The molecule has 19 heavy (non-hydrogen) atoms. The standard InChI is InChI=1S/C14H23N3OS/c1-16-9-6-15-14(16)13(18)12-5-3-7-17(11-12)8-4-10-19-2/h6,9,12H,3-5,7-8,10-11H2,1-2H3/t12-/m1/s1. The van der Waals surface area contributed by atoms with Gasteiger partial charge in [0.05, 0.1) is 0 Å². The smallest absolute Gasteiger partial charge is 0.202 e. The van der Waals surface area contributed by atoms with Gasteiger partial charge in [-0.3, -0.25) is 4.79 Å². The molecule has 2 heterocycles. The van der Waals surface area contributed by atoms with E-state index < -0.39 is 0 Å². The van der Waals surface area contributed by atoms with Crippen LogP contribution >= 0.6 is 11.8 Å². The van der Waals surface area contributed by atoms with Crippen LogP contribution in [0.25, 0.3) is 0 Å². The van der Waals surface area contributed by atoms with Crippen molar-refractivity contribution in [2.45, 2.75) is 19.3 Å². The van der Waals surface area contributed by atoms with Crippen LogP contribution in [0, 0.1) is 5.92 Å². The van der Waals surface area contributed by atoms with Crippen LogP contribution in [0.4, 0.5) is 0 Å². The average Bonchev–Trinajstić information content (AvgIpc) is 2.85. The summed E-state index contributed by atoms with van der Waals surface area (Å²) in [4.78, 5) is 19.1. The molecule has 0 N–H and O–H groups in total. The molecule has 0 unspecified atom stereocenters. The number of ketones is 1. The van der Waals surface area contributed by atoms with Gasteiger partial charge in [-0.1, -0.05) is 0 Å². The van der Waals surface area contributed by atoms with Gasteiger partial charge >= 0.3 is 0 Å². The number of hydrogen-bond acceptors (Lipinski definition) is 4. The predicted molar refractivity (Wildman–Crippen MR) is 79.7 cm³/mol. The highest BCUT2D eigenvalue weighted by Crippen LogP contribution is 2.20. The van der Waals surface area contributed by atoms with Gasteiger partial charge in [-0.05, 0) is 44.4 Å². The van der Waals surface area contributed by atoms with Crippen molar-refractivity contribution in [2.24, 2.45) is 13.0 Å². The van der Waals surface area contributed by atoms with Crippen LogP contribution in [0.3, 0.4) is 0 Å². The quantitative estimate of drug-likeness (QED) is 0.591. The van der Waals surface area contributed by atoms with Gasteiger partial charge in [-0.15, -0.1) is 0 Å². The molecule has 5 heteroatoms. The summed E-state index contributed by atoms with van der Waals surface area (Å²) in [5, 5.41) is 0. The number of likely N-dealkylation sites (tertiary alicyclic amines) is 1. The second-order valence-corrected chi connectivity index (χ2v) is 6.20. The number of thioether (sulfide) groups is 1. The summed E-state index contributed by atoms with van der Waals surface area (Å²) < 4.78 is 1.83. The summed E-state index contributed by atoms with van der Waals surface area (Å²) in [7, 11) is 1.89. The van der Waals surface area contributed by atoms with Gasteiger partial charge in [-0.25, -0.2) is 4.98 Å². The first-order chi connectivity index (χ1) is 9.22. The summed E-state index contributed by atoms with van der Waals surface area (Å²) in [6.45, 7) is 3.16. The minimum atomic E-state index is 0.129. The second-order valence-electron chi connectivity index (χ2n) is 5.21. The molecular formula is C14H23N3OS. The minimum Gasteiger partial charge on any atom is -0.332 e. The molecule has 1 aromatic heterocycles. The molecule has 0 saturated carbocycles. The lowest BCUT2D eigenvalue weighted by atomic mass is 9.93. The first-order valence-corrected chi connectivity index (χ1v) is 8.34. The monoisotopic (exact) mass is 281 g/mol. The van der Waals surface area contributed by atoms with E-state index in [1.54, 1.807) is 6.20 Å². The topological polar surface area (TPSA) is 38.1 Å². The van der Waals surface area contributed by atoms with Gasteiger partial charge in [0.15, 0.2) is 5.82 Å². The third-order valence-electron chi connectivity index (χ3n) is 3.74. The predicted octanol–water partition coefficient (Wildman–Crippen LogP) is 2.07. The molecule has 106 valence electrons. The van der Waals surface area contributed by atoms with Crippen LogP contribution in [-0.4, -0.2) is 51.9 Å². The lowest BCUT2D eigenvalue weighted by molar-refractivity contribution is 0.0806.